The summed E-state index contributed by atoms with van der Waals surface area (Å²) < 4.78 is 7.43. The standard InChI is InChI=1S/C16H22N2O2/c1-3-18-14-7-5-4-6-13(14)17-15(18)10-16(19,11-20-2)12-8-9-12/h4-7,12,19H,3,8-11H2,1-2H3. The first-order chi connectivity index (χ1) is 9.68. The molecule has 1 N–H and O–H groups in total. The smallest absolute Gasteiger partial charge is 0.112 e. The predicted molar refractivity (Wildman–Crippen MR) is 78.7 cm³/mol. The molecule has 1 fully saturated rings. The van der Waals surface area contributed by atoms with Gasteiger partial charge < -0.3 is 14.4 Å². The Morgan fingerprint density at radius 3 is 2.80 bits per heavy atom. The van der Waals surface area contributed by atoms with Gasteiger partial charge in [0.15, 0.2) is 0 Å². The van der Waals surface area contributed by atoms with E-state index in [2.05, 4.69) is 17.6 Å². The summed E-state index contributed by atoms with van der Waals surface area (Å²) in [5, 5.41) is 10.9. The fourth-order valence-corrected chi connectivity index (χ4v) is 3.07. The Bertz CT molecular complexity index is 604. The first-order valence-electron chi connectivity index (χ1n) is 7.33. The van der Waals surface area contributed by atoms with Gasteiger partial charge in [-0.2, -0.15) is 0 Å². The maximum atomic E-state index is 10.9. The molecule has 20 heavy (non-hydrogen) atoms. The van der Waals surface area contributed by atoms with Gasteiger partial charge >= 0.3 is 0 Å². The molecule has 1 atom stereocenters. The topological polar surface area (TPSA) is 47.3 Å². The molecule has 3 rings (SSSR count). The number of nitrogens with zero attached hydrogens (tertiary/aromatic N) is 2. The Kier molecular flexibility index (Phi) is 3.52. The normalized spacial score (nSPS) is 18.4. The van der Waals surface area contributed by atoms with Gasteiger partial charge in [0, 0.05) is 20.1 Å². The van der Waals surface area contributed by atoms with Crippen LogP contribution in [0.15, 0.2) is 24.3 Å². The molecule has 1 aliphatic rings. The molecule has 4 nitrogen and oxygen atoms in total. The van der Waals surface area contributed by atoms with Crippen molar-refractivity contribution in [3.8, 4) is 0 Å². The van der Waals surface area contributed by atoms with E-state index >= 15 is 0 Å². The minimum atomic E-state index is -0.775. The van der Waals surface area contributed by atoms with E-state index in [1.807, 2.05) is 18.2 Å². The van der Waals surface area contributed by atoms with Crippen LogP contribution in [0.4, 0.5) is 0 Å². The second kappa shape index (κ2) is 5.19. The maximum absolute atomic E-state index is 10.9. The molecule has 1 unspecified atom stereocenters. The van der Waals surface area contributed by atoms with Gasteiger partial charge in [-0.25, -0.2) is 4.98 Å². The Hall–Kier alpha value is -1.39. The Morgan fingerprint density at radius 2 is 2.15 bits per heavy atom. The van der Waals surface area contributed by atoms with Crippen LogP contribution in [0.25, 0.3) is 11.0 Å². The van der Waals surface area contributed by atoms with Gasteiger partial charge in [0.2, 0.25) is 0 Å². The van der Waals surface area contributed by atoms with Crippen LogP contribution in [-0.4, -0.2) is 34.0 Å². The summed E-state index contributed by atoms with van der Waals surface area (Å²) in [5.41, 5.74) is 1.36. The van der Waals surface area contributed by atoms with E-state index in [-0.39, 0.29) is 0 Å². The molecule has 0 amide bonds. The van der Waals surface area contributed by atoms with Gasteiger partial charge in [0.25, 0.3) is 0 Å². The lowest BCUT2D eigenvalue weighted by atomic mass is 9.94. The number of fused-ring (bicyclic) bond motifs is 1. The van der Waals surface area contributed by atoms with Gasteiger partial charge in [-0.3, -0.25) is 0 Å². The van der Waals surface area contributed by atoms with Crippen molar-refractivity contribution in [1.82, 2.24) is 9.55 Å². The zero-order valence-electron chi connectivity index (χ0n) is 12.2. The van der Waals surface area contributed by atoms with Crippen molar-refractivity contribution in [2.24, 2.45) is 5.92 Å². The minimum absolute atomic E-state index is 0.354. The van der Waals surface area contributed by atoms with E-state index in [9.17, 15) is 5.11 Å². The highest BCUT2D eigenvalue weighted by Gasteiger charge is 2.44. The van der Waals surface area contributed by atoms with E-state index in [0.717, 1.165) is 36.2 Å². The molecule has 2 aromatic rings. The molecule has 108 valence electrons. The lowest BCUT2D eigenvalue weighted by Crippen LogP contribution is -2.40. The highest BCUT2D eigenvalue weighted by molar-refractivity contribution is 5.75. The van der Waals surface area contributed by atoms with Crippen molar-refractivity contribution >= 4 is 11.0 Å². The summed E-state index contributed by atoms with van der Waals surface area (Å²) in [6, 6.07) is 8.14. The SMILES string of the molecule is CCn1c(CC(O)(COC)C2CC2)nc2ccccc21. The number of aromatic nitrogens is 2. The van der Waals surface area contributed by atoms with Crippen LogP contribution in [0.2, 0.25) is 0 Å². The van der Waals surface area contributed by atoms with E-state index < -0.39 is 5.60 Å². The van der Waals surface area contributed by atoms with Gasteiger partial charge in [-0.05, 0) is 37.8 Å². The third-order valence-electron chi connectivity index (χ3n) is 4.25. The summed E-state index contributed by atoms with van der Waals surface area (Å²) in [5.74, 6) is 1.31. The van der Waals surface area contributed by atoms with Gasteiger partial charge in [0.1, 0.15) is 5.82 Å². The van der Waals surface area contributed by atoms with Crippen LogP contribution in [-0.2, 0) is 17.7 Å². The monoisotopic (exact) mass is 274 g/mol. The molecule has 1 aliphatic carbocycles. The van der Waals surface area contributed by atoms with Gasteiger partial charge in [-0.15, -0.1) is 0 Å². The van der Waals surface area contributed by atoms with E-state index in [1.54, 1.807) is 7.11 Å². The predicted octanol–water partition coefficient (Wildman–Crippen LogP) is 2.39. The Morgan fingerprint density at radius 1 is 1.40 bits per heavy atom. The molecule has 1 aromatic carbocycles. The quantitative estimate of drug-likeness (QED) is 0.880. The molecule has 0 bridgehead atoms. The molecule has 0 radical (unpaired) electrons. The fraction of sp³-hybridized carbons (Fsp3) is 0.562. The second-order valence-corrected chi connectivity index (χ2v) is 5.75. The Balaban J connectivity index is 1.96. The van der Waals surface area contributed by atoms with E-state index in [1.165, 1.54) is 0 Å². The van der Waals surface area contributed by atoms with Crippen molar-refractivity contribution in [2.75, 3.05) is 13.7 Å². The van der Waals surface area contributed by atoms with Crippen molar-refractivity contribution in [2.45, 2.75) is 38.3 Å². The van der Waals surface area contributed by atoms with Crippen molar-refractivity contribution < 1.29 is 9.84 Å². The molecule has 1 aromatic heterocycles. The Labute approximate surface area is 119 Å². The minimum Gasteiger partial charge on any atom is -0.387 e. The van der Waals surface area contributed by atoms with Crippen LogP contribution < -0.4 is 0 Å². The van der Waals surface area contributed by atoms with Crippen molar-refractivity contribution in [1.29, 1.82) is 0 Å². The second-order valence-electron chi connectivity index (χ2n) is 5.75. The average molecular weight is 274 g/mol. The van der Waals surface area contributed by atoms with Crippen LogP contribution in [0.1, 0.15) is 25.6 Å². The summed E-state index contributed by atoms with van der Waals surface area (Å²) >= 11 is 0. The number of hydrogen-bond acceptors (Lipinski definition) is 3. The lowest BCUT2D eigenvalue weighted by molar-refractivity contribution is -0.0491. The molecule has 0 saturated heterocycles. The first-order valence-corrected chi connectivity index (χ1v) is 7.33. The largest absolute Gasteiger partial charge is 0.387 e. The number of rotatable bonds is 6. The number of hydrogen-bond donors (Lipinski definition) is 1. The third-order valence-corrected chi connectivity index (χ3v) is 4.25. The molecule has 0 spiro atoms. The van der Waals surface area contributed by atoms with Crippen LogP contribution in [0.5, 0.6) is 0 Å². The van der Waals surface area contributed by atoms with Crippen LogP contribution in [0, 0.1) is 5.92 Å². The number of benzene rings is 1. The summed E-state index contributed by atoms with van der Waals surface area (Å²) in [6.07, 6.45) is 2.74. The van der Waals surface area contributed by atoms with Gasteiger partial charge in [-0.1, -0.05) is 12.1 Å². The first kappa shape index (κ1) is 13.6. The zero-order valence-corrected chi connectivity index (χ0v) is 12.2. The highest BCUT2D eigenvalue weighted by atomic mass is 16.5. The summed E-state index contributed by atoms with van der Waals surface area (Å²) in [4.78, 5) is 4.71. The van der Waals surface area contributed by atoms with E-state index in [0.29, 0.717) is 18.9 Å². The molecule has 1 heterocycles. The molecule has 4 heteroatoms. The molecule has 1 saturated carbocycles. The van der Waals surface area contributed by atoms with Crippen LogP contribution >= 0.6 is 0 Å². The average Bonchev–Trinajstić information content (AvgIpc) is 3.22. The number of imidazole rings is 1. The van der Waals surface area contributed by atoms with Crippen molar-refractivity contribution in [3.05, 3.63) is 30.1 Å². The van der Waals surface area contributed by atoms with Gasteiger partial charge in [0.05, 0.1) is 23.2 Å². The lowest BCUT2D eigenvalue weighted by Gasteiger charge is -2.27. The summed E-state index contributed by atoms with van der Waals surface area (Å²) in [7, 11) is 1.65. The zero-order chi connectivity index (χ0) is 14.2. The highest BCUT2D eigenvalue weighted by Crippen LogP contribution is 2.41. The number of aliphatic hydroxyl groups is 1. The summed E-state index contributed by atoms with van der Waals surface area (Å²) in [6.45, 7) is 3.36. The molecular formula is C16H22N2O2. The molecule has 0 aliphatic heterocycles. The number of ether oxygens (including phenoxy) is 1. The number of aryl methyl sites for hydroxylation is 1. The number of methoxy groups -OCH3 is 1. The fourth-order valence-electron chi connectivity index (χ4n) is 3.07. The van der Waals surface area contributed by atoms with E-state index in [4.69, 9.17) is 9.72 Å². The maximum Gasteiger partial charge on any atom is 0.112 e. The number of para-hydroxylation sites is 2. The van der Waals surface area contributed by atoms with Crippen molar-refractivity contribution in [3.63, 3.8) is 0 Å². The third kappa shape index (κ3) is 2.34. The van der Waals surface area contributed by atoms with Crippen LogP contribution in [0.3, 0.4) is 0 Å². The molecular weight excluding hydrogens is 252 g/mol.